The van der Waals surface area contributed by atoms with Crippen LogP contribution in [0.15, 0.2) is 39.5 Å². The molecule has 0 saturated carbocycles. The van der Waals surface area contributed by atoms with Crippen LogP contribution in [0.4, 0.5) is 9.80 Å². The van der Waals surface area contributed by atoms with E-state index < -0.39 is 17.8 Å². The van der Waals surface area contributed by atoms with Crippen molar-refractivity contribution in [2.45, 2.75) is 26.5 Å². The average molecular weight is 359 g/mol. The number of anilines is 1. The van der Waals surface area contributed by atoms with Gasteiger partial charge >= 0.3 is 11.7 Å². The van der Waals surface area contributed by atoms with Gasteiger partial charge in [0.1, 0.15) is 22.9 Å². The number of ether oxygens (including phenoxy) is 1. The zero-order valence-electron chi connectivity index (χ0n) is 13.7. The molecule has 0 fully saturated rings. The number of amides is 1. The highest BCUT2D eigenvalue weighted by atomic mass is 32.1. The Labute approximate surface area is 147 Å². The second-order valence-electron chi connectivity index (χ2n) is 5.54. The summed E-state index contributed by atoms with van der Waals surface area (Å²) in [7, 11) is 0. The van der Waals surface area contributed by atoms with Gasteiger partial charge in [-0.3, -0.25) is 0 Å². The van der Waals surface area contributed by atoms with Gasteiger partial charge in [0.25, 0.3) is 0 Å². The summed E-state index contributed by atoms with van der Waals surface area (Å²) in [5.41, 5.74) is 6.85. The Kier molecular flexibility index (Phi) is 4.71. The first-order chi connectivity index (χ1) is 12.0. The molecule has 1 amide bonds. The van der Waals surface area contributed by atoms with E-state index in [4.69, 9.17) is 14.9 Å². The molecular formula is C17H17N3O4S. The van der Waals surface area contributed by atoms with Crippen molar-refractivity contribution in [3.63, 3.8) is 0 Å². The van der Waals surface area contributed by atoms with Gasteiger partial charge in [-0.2, -0.15) is 0 Å². The van der Waals surface area contributed by atoms with Crippen LogP contribution in [0.1, 0.15) is 30.0 Å². The summed E-state index contributed by atoms with van der Waals surface area (Å²) in [4.78, 5) is 28.8. The SMILES string of the molecule is Cc1c(N)sc2nc([C@H](C)NC(=O)OCc3ccccc3)oc(=O)c12. The van der Waals surface area contributed by atoms with Gasteiger partial charge in [-0.05, 0) is 25.0 Å². The number of hydrogen-bond donors (Lipinski definition) is 2. The largest absolute Gasteiger partial charge is 0.445 e. The number of nitrogen functional groups attached to an aromatic ring is 1. The lowest BCUT2D eigenvalue weighted by Gasteiger charge is -2.12. The maximum atomic E-state index is 12.1. The number of nitrogens with one attached hydrogen (secondary N) is 1. The van der Waals surface area contributed by atoms with Crippen molar-refractivity contribution in [3.8, 4) is 0 Å². The number of thiophene rings is 1. The molecule has 0 aliphatic heterocycles. The molecule has 7 nitrogen and oxygen atoms in total. The second-order valence-corrected chi connectivity index (χ2v) is 6.57. The summed E-state index contributed by atoms with van der Waals surface area (Å²) in [5.74, 6) is 0.107. The van der Waals surface area contributed by atoms with Crippen molar-refractivity contribution in [2.75, 3.05) is 5.73 Å². The molecule has 0 radical (unpaired) electrons. The monoisotopic (exact) mass is 359 g/mol. The molecule has 1 atom stereocenters. The smallest absolute Gasteiger partial charge is 0.408 e. The van der Waals surface area contributed by atoms with E-state index in [1.165, 1.54) is 11.3 Å². The molecule has 2 heterocycles. The Morgan fingerprint density at radius 2 is 2.12 bits per heavy atom. The number of fused-ring (bicyclic) bond motifs is 1. The van der Waals surface area contributed by atoms with Gasteiger partial charge in [0.2, 0.25) is 5.89 Å². The van der Waals surface area contributed by atoms with Crippen molar-refractivity contribution in [2.24, 2.45) is 0 Å². The normalized spacial score (nSPS) is 12.1. The van der Waals surface area contributed by atoms with E-state index in [9.17, 15) is 9.59 Å². The zero-order chi connectivity index (χ0) is 18.0. The minimum Gasteiger partial charge on any atom is -0.445 e. The Hall–Kier alpha value is -2.87. The van der Waals surface area contributed by atoms with Crippen LogP contribution in [-0.4, -0.2) is 11.1 Å². The predicted molar refractivity (Wildman–Crippen MR) is 95.5 cm³/mol. The number of nitrogens with two attached hydrogens (primary N) is 1. The van der Waals surface area contributed by atoms with Crippen LogP contribution in [0.3, 0.4) is 0 Å². The highest BCUT2D eigenvalue weighted by Crippen LogP contribution is 2.29. The molecule has 25 heavy (non-hydrogen) atoms. The first-order valence-electron chi connectivity index (χ1n) is 7.62. The van der Waals surface area contributed by atoms with Crippen LogP contribution in [0.2, 0.25) is 0 Å². The van der Waals surface area contributed by atoms with Crippen LogP contribution >= 0.6 is 11.3 Å². The third-order valence-corrected chi connectivity index (χ3v) is 4.71. The second kappa shape index (κ2) is 6.94. The van der Waals surface area contributed by atoms with E-state index in [0.29, 0.717) is 20.8 Å². The molecule has 0 aliphatic rings. The van der Waals surface area contributed by atoms with Gasteiger partial charge in [-0.15, -0.1) is 0 Å². The van der Waals surface area contributed by atoms with Crippen LogP contribution in [0.5, 0.6) is 0 Å². The predicted octanol–water partition coefficient (Wildman–Crippen LogP) is 3.13. The molecular weight excluding hydrogens is 342 g/mol. The van der Waals surface area contributed by atoms with E-state index in [-0.39, 0.29) is 12.5 Å². The maximum Gasteiger partial charge on any atom is 0.408 e. The number of carbonyl (C=O) groups excluding carboxylic acids is 1. The Morgan fingerprint density at radius 1 is 1.40 bits per heavy atom. The van der Waals surface area contributed by atoms with Gasteiger partial charge in [0.15, 0.2) is 0 Å². The minimum absolute atomic E-state index is 0.107. The molecule has 3 aromatic rings. The number of carbonyl (C=O) groups is 1. The summed E-state index contributed by atoms with van der Waals surface area (Å²) in [6.45, 7) is 3.55. The Morgan fingerprint density at radius 3 is 2.84 bits per heavy atom. The fourth-order valence-corrected chi connectivity index (χ4v) is 3.23. The molecule has 130 valence electrons. The van der Waals surface area contributed by atoms with Crippen LogP contribution < -0.4 is 16.7 Å². The molecule has 0 aliphatic carbocycles. The van der Waals surface area contributed by atoms with Crippen LogP contribution in [-0.2, 0) is 11.3 Å². The van der Waals surface area contributed by atoms with Gasteiger partial charge < -0.3 is 20.2 Å². The van der Waals surface area contributed by atoms with Crippen LogP contribution in [0, 0.1) is 6.92 Å². The molecule has 2 aromatic heterocycles. The number of benzene rings is 1. The minimum atomic E-state index is -0.622. The molecule has 8 heteroatoms. The number of aryl methyl sites for hydroxylation is 1. The zero-order valence-corrected chi connectivity index (χ0v) is 14.6. The summed E-state index contributed by atoms with van der Waals surface area (Å²) in [5, 5.41) is 3.50. The third kappa shape index (κ3) is 3.63. The fraction of sp³-hybridized carbons (Fsp3) is 0.235. The summed E-state index contributed by atoms with van der Waals surface area (Å²) < 4.78 is 10.4. The van der Waals surface area contributed by atoms with Gasteiger partial charge in [0.05, 0.1) is 5.00 Å². The number of hydrogen-bond acceptors (Lipinski definition) is 7. The van der Waals surface area contributed by atoms with E-state index in [0.717, 1.165) is 5.56 Å². The topological polar surface area (TPSA) is 107 Å². The lowest BCUT2D eigenvalue weighted by Crippen LogP contribution is -2.28. The van der Waals surface area contributed by atoms with Gasteiger partial charge in [-0.25, -0.2) is 14.6 Å². The number of rotatable bonds is 4. The Bertz CT molecular complexity index is 965. The number of aromatic nitrogens is 1. The molecule has 0 spiro atoms. The summed E-state index contributed by atoms with van der Waals surface area (Å²) in [6, 6.07) is 8.70. The van der Waals surface area contributed by atoms with Gasteiger partial charge in [0, 0.05) is 0 Å². The summed E-state index contributed by atoms with van der Waals surface area (Å²) in [6.07, 6.45) is -0.622. The van der Waals surface area contributed by atoms with E-state index in [1.54, 1.807) is 13.8 Å². The van der Waals surface area contributed by atoms with E-state index in [2.05, 4.69) is 10.3 Å². The molecule has 0 saturated heterocycles. The Balaban J connectivity index is 1.70. The maximum absolute atomic E-state index is 12.1. The molecule has 1 aromatic carbocycles. The quantitative estimate of drug-likeness (QED) is 0.741. The molecule has 0 unspecified atom stereocenters. The number of nitrogens with zero attached hydrogens (tertiary/aromatic N) is 1. The van der Waals surface area contributed by atoms with Crippen molar-refractivity contribution >= 4 is 32.6 Å². The van der Waals surface area contributed by atoms with Crippen molar-refractivity contribution in [1.29, 1.82) is 0 Å². The van der Waals surface area contributed by atoms with Crippen LogP contribution in [0.25, 0.3) is 10.2 Å². The standard InChI is InChI=1S/C17H17N3O4S/c1-9-12-15(25-13(9)18)20-14(24-16(12)21)10(2)19-17(22)23-8-11-6-4-3-5-7-11/h3-7,10H,8,18H2,1-2H3,(H,19,22)/t10-/m0/s1. The van der Waals surface area contributed by atoms with Crippen molar-refractivity contribution in [3.05, 3.63) is 57.8 Å². The third-order valence-electron chi connectivity index (χ3n) is 3.70. The average Bonchev–Trinajstić information content (AvgIpc) is 2.88. The molecule has 0 bridgehead atoms. The highest BCUT2D eigenvalue weighted by Gasteiger charge is 2.19. The lowest BCUT2D eigenvalue weighted by molar-refractivity contribution is 0.134. The molecule has 3 N–H and O–H groups in total. The van der Waals surface area contributed by atoms with E-state index in [1.807, 2.05) is 30.3 Å². The van der Waals surface area contributed by atoms with E-state index >= 15 is 0 Å². The lowest BCUT2D eigenvalue weighted by atomic mass is 10.2. The highest BCUT2D eigenvalue weighted by molar-refractivity contribution is 7.22. The first-order valence-corrected chi connectivity index (χ1v) is 8.44. The first kappa shape index (κ1) is 17.0. The summed E-state index contributed by atoms with van der Waals surface area (Å²) >= 11 is 1.21. The van der Waals surface area contributed by atoms with Crippen molar-refractivity contribution < 1.29 is 13.9 Å². The van der Waals surface area contributed by atoms with Crippen molar-refractivity contribution in [1.82, 2.24) is 10.3 Å². The fourth-order valence-electron chi connectivity index (χ4n) is 2.29. The van der Waals surface area contributed by atoms with Gasteiger partial charge in [-0.1, -0.05) is 41.7 Å². The molecule has 3 rings (SSSR count). The number of alkyl carbamates (subject to hydrolysis) is 1.